The molecule has 0 aliphatic heterocycles. The average molecular weight is 404 g/mol. The predicted octanol–water partition coefficient (Wildman–Crippen LogP) is 5.65. The van der Waals surface area contributed by atoms with Crippen LogP contribution in [0.5, 0.6) is 5.75 Å². The summed E-state index contributed by atoms with van der Waals surface area (Å²) in [5.41, 5.74) is 10.9. The highest BCUT2D eigenvalue weighted by atomic mass is 79.9. The van der Waals surface area contributed by atoms with Gasteiger partial charge in [-0.2, -0.15) is 0 Å². The third-order valence-corrected chi connectivity index (χ3v) is 4.46. The van der Waals surface area contributed by atoms with Crippen molar-refractivity contribution in [2.75, 3.05) is 20.0 Å². The molecule has 0 saturated carbocycles. The molecule has 0 aliphatic carbocycles. The second-order valence-electron chi connectivity index (χ2n) is 7.05. The Bertz CT molecular complexity index is 776. The number of halogens is 1. The minimum absolute atomic E-state index is 0.0138. The van der Waals surface area contributed by atoms with Crippen molar-refractivity contribution in [2.45, 2.75) is 32.8 Å². The van der Waals surface area contributed by atoms with Gasteiger partial charge in [0.05, 0.1) is 13.7 Å². The van der Waals surface area contributed by atoms with E-state index >= 15 is 0 Å². The second-order valence-corrected chi connectivity index (χ2v) is 7.97. The van der Waals surface area contributed by atoms with Gasteiger partial charge in [-0.15, -0.1) is 0 Å². The van der Waals surface area contributed by atoms with E-state index in [-0.39, 0.29) is 5.41 Å². The van der Waals surface area contributed by atoms with Gasteiger partial charge in [0.2, 0.25) is 0 Å². The Labute approximate surface area is 159 Å². The molecule has 0 bridgehead atoms. The molecule has 2 N–H and O–H groups in total. The molecule has 2 rings (SSSR count). The van der Waals surface area contributed by atoms with Crippen LogP contribution in [0, 0.1) is 0 Å². The number of hydrogen-bond acceptors (Lipinski definition) is 3. The fourth-order valence-electron chi connectivity index (χ4n) is 2.77. The number of nitrogen functional groups attached to an aromatic ring is 1. The highest BCUT2D eigenvalue weighted by molar-refractivity contribution is 9.10. The van der Waals surface area contributed by atoms with Gasteiger partial charge in [0, 0.05) is 28.4 Å². The van der Waals surface area contributed by atoms with E-state index in [9.17, 15) is 0 Å². The van der Waals surface area contributed by atoms with Crippen LogP contribution >= 0.6 is 15.9 Å². The van der Waals surface area contributed by atoms with Gasteiger partial charge in [-0.3, -0.25) is 0 Å². The lowest BCUT2D eigenvalue weighted by Crippen LogP contribution is -2.13. The van der Waals surface area contributed by atoms with Gasteiger partial charge < -0.3 is 15.2 Å². The molecule has 0 amide bonds. The van der Waals surface area contributed by atoms with Crippen LogP contribution in [0.4, 0.5) is 5.69 Å². The zero-order valence-corrected chi connectivity index (χ0v) is 17.1. The summed E-state index contributed by atoms with van der Waals surface area (Å²) in [6, 6.07) is 10.0. The van der Waals surface area contributed by atoms with Crippen LogP contribution in [0.25, 0.3) is 12.2 Å². The number of ether oxygens (including phenoxy) is 2. The lowest BCUT2D eigenvalue weighted by atomic mass is 9.85. The Hall–Kier alpha value is -1.78. The zero-order valence-electron chi connectivity index (χ0n) is 15.5. The number of nitrogens with two attached hydrogens (primary N) is 1. The topological polar surface area (TPSA) is 44.5 Å². The molecule has 134 valence electrons. The molecule has 0 aromatic heterocycles. The summed E-state index contributed by atoms with van der Waals surface area (Å²) < 4.78 is 12.0. The first-order valence-electron chi connectivity index (χ1n) is 8.19. The fraction of sp³-hybridized carbons (Fsp3) is 0.333. The van der Waals surface area contributed by atoms with E-state index in [4.69, 9.17) is 15.2 Å². The van der Waals surface area contributed by atoms with Crippen molar-refractivity contribution in [3.05, 3.63) is 57.1 Å². The lowest BCUT2D eigenvalue weighted by Gasteiger charge is -2.24. The van der Waals surface area contributed by atoms with Gasteiger partial charge >= 0.3 is 0 Å². The van der Waals surface area contributed by atoms with Gasteiger partial charge in [-0.1, -0.05) is 54.9 Å². The number of methoxy groups -OCH3 is 2. The van der Waals surface area contributed by atoms with Crippen LogP contribution in [0.15, 0.2) is 34.8 Å². The van der Waals surface area contributed by atoms with Crippen molar-refractivity contribution in [1.82, 2.24) is 0 Å². The fourth-order valence-corrected chi connectivity index (χ4v) is 3.25. The number of rotatable bonds is 5. The Kier molecular flexibility index (Phi) is 6.31. The molecule has 0 heterocycles. The van der Waals surface area contributed by atoms with Crippen LogP contribution in [-0.2, 0) is 16.8 Å². The molecule has 2 aromatic carbocycles. The van der Waals surface area contributed by atoms with E-state index in [1.54, 1.807) is 14.2 Å². The molecule has 0 spiro atoms. The van der Waals surface area contributed by atoms with E-state index in [1.807, 2.05) is 18.2 Å². The summed E-state index contributed by atoms with van der Waals surface area (Å²) in [7, 11) is 3.40. The number of hydrogen-bond donors (Lipinski definition) is 1. The quantitative estimate of drug-likeness (QED) is 0.517. The molecular weight excluding hydrogens is 378 g/mol. The standard InChI is InChI=1S/C21H26BrNO2/c1-21(2,3)19-12-17(22)10-15(20(19)25-5)7-6-14-8-9-18(23)11-16(14)13-24-4/h6-12H,13,23H2,1-5H3/b7-6+. The van der Waals surface area contributed by atoms with Crippen molar-refractivity contribution >= 4 is 33.8 Å². The zero-order chi connectivity index (χ0) is 18.6. The second kappa shape index (κ2) is 8.07. The van der Waals surface area contributed by atoms with E-state index < -0.39 is 0 Å². The largest absolute Gasteiger partial charge is 0.496 e. The maximum Gasteiger partial charge on any atom is 0.129 e. The first-order valence-corrected chi connectivity index (χ1v) is 8.99. The minimum Gasteiger partial charge on any atom is -0.496 e. The monoisotopic (exact) mass is 403 g/mol. The Morgan fingerprint density at radius 1 is 1.04 bits per heavy atom. The maximum absolute atomic E-state index is 5.89. The third-order valence-electron chi connectivity index (χ3n) is 4.00. The predicted molar refractivity (Wildman–Crippen MR) is 110 cm³/mol. The van der Waals surface area contributed by atoms with Crippen LogP contribution in [0.1, 0.15) is 43.0 Å². The van der Waals surface area contributed by atoms with E-state index in [1.165, 1.54) is 5.56 Å². The number of benzene rings is 2. The maximum atomic E-state index is 5.89. The molecule has 25 heavy (non-hydrogen) atoms. The summed E-state index contributed by atoms with van der Waals surface area (Å²) in [5.74, 6) is 0.899. The Morgan fingerprint density at radius 2 is 1.72 bits per heavy atom. The summed E-state index contributed by atoms with van der Waals surface area (Å²) in [5, 5.41) is 0. The normalized spacial score (nSPS) is 11.9. The van der Waals surface area contributed by atoms with Gasteiger partial charge in [0.1, 0.15) is 5.75 Å². The van der Waals surface area contributed by atoms with Gasteiger partial charge in [-0.25, -0.2) is 0 Å². The molecule has 3 nitrogen and oxygen atoms in total. The molecule has 2 aromatic rings. The lowest BCUT2D eigenvalue weighted by molar-refractivity contribution is 0.185. The Morgan fingerprint density at radius 3 is 2.32 bits per heavy atom. The average Bonchev–Trinajstić information content (AvgIpc) is 2.53. The van der Waals surface area contributed by atoms with Crippen molar-refractivity contribution in [1.29, 1.82) is 0 Å². The van der Waals surface area contributed by atoms with E-state index in [0.717, 1.165) is 32.6 Å². The molecule has 0 fully saturated rings. The minimum atomic E-state index is -0.0138. The first kappa shape index (κ1) is 19.5. The smallest absolute Gasteiger partial charge is 0.129 e. The van der Waals surface area contributed by atoms with Crippen LogP contribution in [0.2, 0.25) is 0 Å². The number of anilines is 1. The van der Waals surface area contributed by atoms with Crippen molar-refractivity contribution in [3.8, 4) is 5.75 Å². The molecule has 4 heteroatoms. The van der Waals surface area contributed by atoms with Crippen LogP contribution in [0.3, 0.4) is 0 Å². The van der Waals surface area contributed by atoms with Crippen molar-refractivity contribution < 1.29 is 9.47 Å². The Balaban J connectivity index is 2.50. The third kappa shape index (κ3) is 4.86. The van der Waals surface area contributed by atoms with Crippen LogP contribution in [-0.4, -0.2) is 14.2 Å². The molecule has 0 radical (unpaired) electrons. The van der Waals surface area contributed by atoms with Crippen molar-refractivity contribution in [2.24, 2.45) is 0 Å². The van der Waals surface area contributed by atoms with E-state index in [0.29, 0.717) is 6.61 Å². The van der Waals surface area contributed by atoms with E-state index in [2.05, 4.69) is 61.0 Å². The highest BCUT2D eigenvalue weighted by Gasteiger charge is 2.21. The van der Waals surface area contributed by atoms with Gasteiger partial charge in [0.25, 0.3) is 0 Å². The van der Waals surface area contributed by atoms with Gasteiger partial charge in [0.15, 0.2) is 0 Å². The van der Waals surface area contributed by atoms with Crippen molar-refractivity contribution in [3.63, 3.8) is 0 Å². The summed E-state index contributed by atoms with van der Waals surface area (Å²) in [6.45, 7) is 7.07. The molecule has 0 unspecified atom stereocenters. The molecular formula is C21H26BrNO2. The molecule has 0 aliphatic rings. The SMILES string of the molecule is COCc1cc(N)ccc1/C=C/c1cc(Br)cc(C(C)(C)C)c1OC. The van der Waals surface area contributed by atoms with Gasteiger partial charge in [-0.05, 0) is 40.8 Å². The summed E-state index contributed by atoms with van der Waals surface area (Å²) >= 11 is 3.62. The first-order chi connectivity index (χ1) is 11.8. The molecule has 0 atom stereocenters. The van der Waals surface area contributed by atoms with Crippen LogP contribution < -0.4 is 10.5 Å². The highest BCUT2D eigenvalue weighted by Crippen LogP contribution is 2.37. The summed E-state index contributed by atoms with van der Waals surface area (Å²) in [4.78, 5) is 0. The summed E-state index contributed by atoms with van der Waals surface area (Å²) in [6.07, 6.45) is 4.15. The molecule has 0 saturated heterocycles.